The normalized spacial score (nSPS) is 12.7. The Hall–Kier alpha value is -4.37. The zero-order valence-corrected chi connectivity index (χ0v) is 22.1. The van der Waals surface area contributed by atoms with Gasteiger partial charge in [-0.25, -0.2) is 4.79 Å². The third-order valence-corrected chi connectivity index (χ3v) is 6.27. The van der Waals surface area contributed by atoms with Crippen LogP contribution in [-0.4, -0.2) is 29.4 Å². The minimum atomic E-state index is -5.26. The summed E-state index contributed by atoms with van der Waals surface area (Å²) in [4.78, 5) is 12.3. The van der Waals surface area contributed by atoms with Crippen LogP contribution in [0, 0.1) is 0 Å². The summed E-state index contributed by atoms with van der Waals surface area (Å²) in [6, 6.07) is 5.07. The molecule has 0 aliphatic rings. The lowest BCUT2D eigenvalue weighted by atomic mass is 9.93. The Kier molecular flexibility index (Phi) is 9.28. The van der Waals surface area contributed by atoms with Crippen molar-refractivity contribution in [3.05, 3.63) is 94.6 Å². The second kappa shape index (κ2) is 12.0. The van der Waals surface area contributed by atoms with Gasteiger partial charge in [-0.3, -0.25) is 4.90 Å². The lowest BCUT2D eigenvalue weighted by Crippen LogP contribution is -2.29. The van der Waals surface area contributed by atoms with Gasteiger partial charge >= 0.3 is 30.8 Å². The largest absolute Gasteiger partial charge is 0.496 e. The molecule has 1 amide bonds. The van der Waals surface area contributed by atoms with E-state index in [9.17, 15) is 62.6 Å². The molecule has 0 bridgehead atoms. The number of carboxylic acid groups (broad SMARTS) is 1. The number of methoxy groups -OCH3 is 1. The average Bonchev–Trinajstić information content (AvgIpc) is 2.89. The predicted octanol–water partition coefficient (Wildman–Crippen LogP) is 9.67. The topological polar surface area (TPSA) is 49.8 Å². The van der Waals surface area contributed by atoms with Gasteiger partial charge in [0.2, 0.25) is 0 Å². The van der Waals surface area contributed by atoms with E-state index in [-0.39, 0.29) is 40.0 Å². The molecule has 0 aliphatic carbocycles. The van der Waals surface area contributed by atoms with E-state index >= 15 is 0 Å². The fraction of sp³-hybridized carbons (Fsp3) is 0.250. The first-order valence-corrected chi connectivity index (χ1v) is 11.9. The second-order valence-corrected chi connectivity index (χ2v) is 9.31. The molecular formula is C28H19F12NO3. The van der Waals surface area contributed by atoms with E-state index in [4.69, 9.17) is 4.74 Å². The highest BCUT2D eigenvalue weighted by Gasteiger charge is 2.38. The molecule has 0 radical (unpaired) electrons. The molecule has 3 aromatic carbocycles. The lowest BCUT2D eigenvalue weighted by Gasteiger charge is -2.24. The Morgan fingerprint density at radius 3 is 1.73 bits per heavy atom. The Morgan fingerprint density at radius 1 is 0.727 bits per heavy atom. The maximum absolute atomic E-state index is 13.6. The predicted molar refractivity (Wildman–Crippen MR) is 132 cm³/mol. The van der Waals surface area contributed by atoms with E-state index in [1.807, 2.05) is 0 Å². The summed E-state index contributed by atoms with van der Waals surface area (Å²) in [7, 11) is 1.09. The molecule has 238 valence electrons. The quantitative estimate of drug-likeness (QED) is 0.261. The van der Waals surface area contributed by atoms with Crippen molar-refractivity contribution in [3.8, 4) is 16.9 Å². The molecule has 4 nitrogen and oxygen atoms in total. The molecule has 1 N–H and O–H groups in total. The van der Waals surface area contributed by atoms with Crippen LogP contribution in [0.4, 0.5) is 57.5 Å². The van der Waals surface area contributed by atoms with Crippen molar-refractivity contribution in [1.29, 1.82) is 0 Å². The van der Waals surface area contributed by atoms with Crippen molar-refractivity contribution in [3.63, 3.8) is 0 Å². The van der Waals surface area contributed by atoms with E-state index in [0.717, 1.165) is 31.4 Å². The number of carbonyl (C=O) groups is 1. The van der Waals surface area contributed by atoms with Crippen molar-refractivity contribution < 1.29 is 67.3 Å². The van der Waals surface area contributed by atoms with Crippen molar-refractivity contribution in [2.75, 3.05) is 7.11 Å². The lowest BCUT2D eigenvalue weighted by molar-refractivity contribution is -0.143. The summed E-state index contributed by atoms with van der Waals surface area (Å²) in [5.74, 6) is -0.153. The number of ether oxygens (including phenoxy) is 1. The van der Waals surface area contributed by atoms with E-state index in [1.165, 1.54) is 0 Å². The molecule has 3 rings (SSSR count). The number of rotatable bonds is 7. The maximum Gasteiger partial charge on any atom is 0.416 e. The van der Waals surface area contributed by atoms with Crippen molar-refractivity contribution >= 4 is 11.7 Å². The first-order chi connectivity index (χ1) is 20.0. The molecule has 0 saturated heterocycles. The van der Waals surface area contributed by atoms with Crippen molar-refractivity contribution in [2.24, 2.45) is 0 Å². The summed E-state index contributed by atoms with van der Waals surface area (Å²) in [5, 5.41) is 9.75. The minimum absolute atomic E-state index is 0.153. The van der Waals surface area contributed by atoms with Gasteiger partial charge in [0.15, 0.2) is 0 Å². The Bertz CT molecular complexity index is 1520. The van der Waals surface area contributed by atoms with Crippen molar-refractivity contribution in [1.82, 2.24) is 4.90 Å². The number of hydrogen-bond acceptors (Lipinski definition) is 2. The van der Waals surface area contributed by atoms with Crippen LogP contribution in [0.5, 0.6) is 5.75 Å². The van der Waals surface area contributed by atoms with Gasteiger partial charge in [-0.15, -0.1) is 0 Å². The van der Waals surface area contributed by atoms with Gasteiger partial charge in [0.1, 0.15) is 5.75 Å². The van der Waals surface area contributed by atoms with Crippen molar-refractivity contribution in [2.45, 2.75) is 37.8 Å². The van der Waals surface area contributed by atoms with E-state index in [2.05, 4.69) is 6.58 Å². The minimum Gasteiger partial charge on any atom is -0.496 e. The number of amides is 1. The number of nitrogens with zero attached hydrogens (tertiary/aromatic N) is 1. The standard InChI is InChI=1S/C28H19F12NO3/c1-14(25(29,30)31)16-3-6-23(44-2)22(10-16)21-5-4-18(26(32,33)34)9-17(21)13-41(24(42)43)12-15-7-19(27(35,36)37)11-20(8-15)28(38,39)40/h3-11H,1,12-13H2,2H3,(H,42,43). The highest BCUT2D eigenvalue weighted by Crippen LogP contribution is 2.41. The van der Waals surface area contributed by atoms with Crippen LogP contribution in [0.3, 0.4) is 0 Å². The van der Waals surface area contributed by atoms with Gasteiger partial charge in [0.25, 0.3) is 0 Å². The van der Waals surface area contributed by atoms with Gasteiger partial charge in [-0.1, -0.05) is 18.7 Å². The van der Waals surface area contributed by atoms with E-state index in [0.29, 0.717) is 12.1 Å². The number of alkyl halides is 12. The Labute approximate surface area is 240 Å². The molecule has 0 heterocycles. The van der Waals surface area contributed by atoms with Crippen LogP contribution in [0.15, 0.2) is 61.2 Å². The Morgan fingerprint density at radius 2 is 1.27 bits per heavy atom. The van der Waals surface area contributed by atoms with Crippen LogP contribution in [0.25, 0.3) is 16.7 Å². The molecule has 0 aromatic heterocycles. The monoisotopic (exact) mass is 645 g/mol. The molecule has 0 spiro atoms. The third-order valence-electron chi connectivity index (χ3n) is 6.27. The summed E-state index contributed by atoms with van der Waals surface area (Å²) in [5.41, 5.74) is -8.46. The van der Waals surface area contributed by atoms with Crippen LogP contribution in [0.1, 0.15) is 33.4 Å². The number of halogens is 12. The van der Waals surface area contributed by atoms with Gasteiger partial charge < -0.3 is 9.84 Å². The molecule has 0 fully saturated rings. The number of hydrogen-bond donors (Lipinski definition) is 1. The van der Waals surface area contributed by atoms with Gasteiger partial charge in [-0.05, 0) is 64.7 Å². The summed E-state index contributed by atoms with van der Waals surface area (Å²) in [6.45, 7) is 0.781. The maximum atomic E-state index is 13.6. The van der Waals surface area contributed by atoms with Crippen LogP contribution < -0.4 is 4.74 Å². The highest BCUT2D eigenvalue weighted by molar-refractivity contribution is 5.80. The van der Waals surface area contributed by atoms with Gasteiger partial charge in [0.05, 0.1) is 29.4 Å². The molecule has 0 saturated carbocycles. The van der Waals surface area contributed by atoms with E-state index < -0.39 is 82.8 Å². The van der Waals surface area contributed by atoms with E-state index in [1.54, 1.807) is 0 Å². The molecule has 44 heavy (non-hydrogen) atoms. The highest BCUT2D eigenvalue weighted by atomic mass is 19.4. The molecular weight excluding hydrogens is 626 g/mol. The fourth-order valence-corrected chi connectivity index (χ4v) is 4.16. The van der Waals surface area contributed by atoms with Crippen LogP contribution in [-0.2, 0) is 31.6 Å². The van der Waals surface area contributed by atoms with Crippen LogP contribution in [0.2, 0.25) is 0 Å². The zero-order chi connectivity index (χ0) is 33.4. The smallest absolute Gasteiger partial charge is 0.416 e. The average molecular weight is 645 g/mol. The molecule has 0 unspecified atom stereocenters. The number of benzene rings is 3. The first kappa shape index (κ1) is 34.1. The summed E-state index contributed by atoms with van der Waals surface area (Å²) < 4.78 is 166. The van der Waals surface area contributed by atoms with Crippen LogP contribution >= 0.6 is 0 Å². The first-order valence-electron chi connectivity index (χ1n) is 11.9. The summed E-state index contributed by atoms with van der Waals surface area (Å²) in [6.07, 6.45) is -22.4. The SMILES string of the molecule is C=C(c1ccc(OC)c(-c2ccc(C(F)(F)F)cc2CN(Cc2cc(C(F)(F)F)cc(C(F)(F)F)c2)C(=O)O)c1)C(F)(F)F. The molecule has 0 aliphatic heterocycles. The number of allylic oxidation sites excluding steroid dienone is 1. The molecule has 0 atom stereocenters. The van der Waals surface area contributed by atoms with Gasteiger partial charge in [0, 0.05) is 18.7 Å². The fourth-order valence-electron chi connectivity index (χ4n) is 4.16. The second-order valence-electron chi connectivity index (χ2n) is 9.31. The zero-order valence-electron chi connectivity index (χ0n) is 22.1. The van der Waals surface area contributed by atoms with Gasteiger partial charge in [-0.2, -0.15) is 52.7 Å². The Balaban J connectivity index is 2.20. The molecule has 16 heteroatoms. The third kappa shape index (κ3) is 7.96. The molecule has 3 aromatic rings. The summed E-state index contributed by atoms with van der Waals surface area (Å²) >= 11 is 0.